The molecule has 108 valence electrons. The van der Waals surface area contributed by atoms with Gasteiger partial charge in [0.05, 0.1) is 10.5 Å². The van der Waals surface area contributed by atoms with Crippen molar-refractivity contribution in [3.63, 3.8) is 0 Å². The first-order valence-corrected chi connectivity index (χ1v) is 8.19. The van der Waals surface area contributed by atoms with Gasteiger partial charge in [0.25, 0.3) is 0 Å². The lowest BCUT2D eigenvalue weighted by molar-refractivity contribution is 0.227. The van der Waals surface area contributed by atoms with E-state index in [0.717, 1.165) is 19.3 Å². The SMILES string of the molecule is CC(N)C1CCCCN1S(=O)(=O)c1ccccc1C#N. The zero-order valence-corrected chi connectivity index (χ0v) is 12.3. The summed E-state index contributed by atoms with van der Waals surface area (Å²) in [5.41, 5.74) is 6.11. The molecule has 2 rings (SSSR count). The summed E-state index contributed by atoms with van der Waals surface area (Å²) in [6.45, 7) is 2.29. The van der Waals surface area contributed by atoms with E-state index in [-0.39, 0.29) is 22.5 Å². The molecule has 20 heavy (non-hydrogen) atoms. The molecule has 5 nitrogen and oxygen atoms in total. The third-order valence-electron chi connectivity index (χ3n) is 3.70. The van der Waals surface area contributed by atoms with Gasteiger partial charge in [0.1, 0.15) is 6.07 Å². The largest absolute Gasteiger partial charge is 0.326 e. The second-order valence-corrected chi connectivity index (χ2v) is 7.00. The third kappa shape index (κ3) is 2.70. The van der Waals surface area contributed by atoms with Crippen LogP contribution in [0.5, 0.6) is 0 Å². The maximum atomic E-state index is 12.8. The van der Waals surface area contributed by atoms with E-state index in [0.29, 0.717) is 6.54 Å². The predicted octanol–water partition coefficient (Wildman–Crippen LogP) is 1.45. The molecule has 0 spiro atoms. The molecule has 0 bridgehead atoms. The second-order valence-electron chi connectivity index (χ2n) is 5.15. The molecule has 1 aromatic carbocycles. The van der Waals surface area contributed by atoms with E-state index in [1.54, 1.807) is 12.1 Å². The molecule has 1 heterocycles. The van der Waals surface area contributed by atoms with Crippen molar-refractivity contribution < 1.29 is 8.42 Å². The molecule has 0 saturated carbocycles. The number of nitrogens with zero attached hydrogens (tertiary/aromatic N) is 2. The Hall–Kier alpha value is -1.42. The third-order valence-corrected chi connectivity index (χ3v) is 5.68. The van der Waals surface area contributed by atoms with Gasteiger partial charge in [-0.15, -0.1) is 0 Å². The van der Waals surface area contributed by atoms with E-state index in [9.17, 15) is 8.42 Å². The number of nitrogens with two attached hydrogens (primary N) is 1. The molecule has 1 fully saturated rings. The van der Waals surface area contributed by atoms with E-state index in [2.05, 4.69) is 0 Å². The fourth-order valence-electron chi connectivity index (χ4n) is 2.66. The predicted molar refractivity (Wildman–Crippen MR) is 76.3 cm³/mol. The van der Waals surface area contributed by atoms with Crippen LogP contribution in [0, 0.1) is 11.3 Å². The van der Waals surface area contributed by atoms with Crippen molar-refractivity contribution in [2.45, 2.75) is 43.2 Å². The molecule has 1 aliphatic rings. The molecular weight excluding hydrogens is 274 g/mol. The standard InChI is InChI=1S/C14H19N3O2S/c1-11(16)13-7-4-5-9-17(13)20(18,19)14-8-3-2-6-12(14)10-15/h2-3,6,8,11,13H,4-5,7,9,16H2,1H3. The first-order chi connectivity index (χ1) is 9.48. The monoisotopic (exact) mass is 293 g/mol. The van der Waals surface area contributed by atoms with Gasteiger partial charge in [0.15, 0.2) is 0 Å². The maximum Gasteiger partial charge on any atom is 0.244 e. The van der Waals surface area contributed by atoms with Gasteiger partial charge in [-0.3, -0.25) is 0 Å². The number of hydrogen-bond donors (Lipinski definition) is 1. The molecule has 1 aromatic rings. The van der Waals surface area contributed by atoms with Crippen LogP contribution in [0.3, 0.4) is 0 Å². The van der Waals surface area contributed by atoms with Crippen molar-refractivity contribution in [2.75, 3.05) is 6.54 Å². The normalized spacial score (nSPS) is 22.1. The maximum absolute atomic E-state index is 12.8. The van der Waals surface area contributed by atoms with E-state index in [1.165, 1.54) is 16.4 Å². The Labute approximate surface area is 120 Å². The minimum atomic E-state index is -3.67. The number of benzene rings is 1. The molecule has 2 atom stereocenters. The fourth-order valence-corrected chi connectivity index (χ4v) is 4.58. The van der Waals surface area contributed by atoms with Gasteiger partial charge in [-0.25, -0.2) is 8.42 Å². The summed E-state index contributed by atoms with van der Waals surface area (Å²) in [7, 11) is -3.67. The van der Waals surface area contributed by atoms with Crippen LogP contribution in [-0.4, -0.2) is 31.4 Å². The molecule has 0 amide bonds. The van der Waals surface area contributed by atoms with Gasteiger partial charge in [-0.1, -0.05) is 18.6 Å². The Morgan fingerprint density at radius 1 is 1.40 bits per heavy atom. The second kappa shape index (κ2) is 5.92. The van der Waals surface area contributed by atoms with Crippen LogP contribution in [0.15, 0.2) is 29.2 Å². The van der Waals surface area contributed by atoms with Crippen molar-refractivity contribution in [3.8, 4) is 6.07 Å². The Bertz CT molecular complexity index is 620. The quantitative estimate of drug-likeness (QED) is 0.913. The van der Waals surface area contributed by atoms with E-state index in [1.807, 2.05) is 13.0 Å². The van der Waals surface area contributed by atoms with Crippen LogP contribution in [0.4, 0.5) is 0 Å². The van der Waals surface area contributed by atoms with Gasteiger partial charge in [-0.2, -0.15) is 9.57 Å². The minimum Gasteiger partial charge on any atom is -0.326 e. The minimum absolute atomic E-state index is 0.0788. The highest BCUT2D eigenvalue weighted by atomic mass is 32.2. The molecule has 0 aromatic heterocycles. The Morgan fingerprint density at radius 3 is 2.75 bits per heavy atom. The fraction of sp³-hybridized carbons (Fsp3) is 0.500. The van der Waals surface area contributed by atoms with Crippen LogP contribution in [0.25, 0.3) is 0 Å². The van der Waals surface area contributed by atoms with Gasteiger partial charge >= 0.3 is 0 Å². The lowest BCUT2D eigenvalue weighted by atomic mass is 10.00. The van der Waals surface area contributed by atoms with Crippen molar-refractivity contribution in [3.05, 3.63) is 29.8 Å². The summed E-state index contributed by atoms with van der Waals surface area (Å²) >= 11 is 0. The summed E-state index contributed by atoms with van der Waals surface area (Å²) < 4.78 is 27.1. The molecule has 0 radical (unpaired) electrons. The molecule has 6 heteroatoms. The van der Waals surface area contributed by atoms with Crippen LogP contribution in [0.2, 0.25) is 0 Å². The van der Waals surface area contributed by atoms with Gasteiger partial charge in [-0.05, 0) is 31.9 Å². The summed E-state index contributed by atoms with van der Waals surface area (Å²) in [5, 5.41) is 9.10. The van der Waals surface area contributed by atoms with Crippen molar-refractivity contribution in [2.24, 2.45) is 5.73 Å². The van der Waals surface area contributed by atoms with Crippen molar-refractivity contribution in [1.82, 2.24) is 4.31 Å². The molecular formula is C14H19N3O2S. The summed E-state index contributed by atoms with van der Waals surface area (Å²) in [4.78, 5) is 0.0788. The van der Waals surface area contributed by atoms with E-state index >= 15 is 0 Å². The molecule has 2 unspecified atom stereocenters. The van der Waals surface area contributed by atoms with Crippen LogP contribution < -0.4 is 5.73 Å². The van der Waals surface area contributed by atoms with Crippen LogP contribution in [0.1, 0.15) is 31.7 Å². The number of sulfonamides is 1. The molecule has 0 aliphatic carbocycles. The smallest absolute Gasteiger partial charge is 0.244 e. The molecule has 1 saturated heterocycles. The Balaban J connectivity index is 2.46. The highest BCUT2D eigenvalue weighted by Gasteiger charge is 2.36. The zero-order valence-electron chi connectivity index (χ0n) is 11.5. The molecule has 2 N–H and O–H groups in total. The molecule has 1 aliphatic heterocycles. The number of nitriles is 1. The van der Waals surface area contributed by atoms with Crippen molar-refractivity contribution in [1.29, 1.82) is 5.26 Å². The average molecular weight is 293 g/mol. The van der Waals surface area contributed by atoms with Crippen molar-refractivity contribution >= 4 is 10.0 Å². The van der Waals surface area contributed by atoms with Gasteiger partial charge in [0, 0.05) is 18.6 Å². The number of piperidine rings is 1. The van der Waals surface area contributed by atoms with E-state index in [4.69, 9.17) is 11.0 Å². The van der Waals surface area contributed by atoms with Crippen LogP contribution >= 0.6 is 0 Å². The highest BCUT2D eigenvalue weighted by Crippen LogP contribution is 2.28. The lowest BCUT2D eigenvalue weighted by Gasteiger charge is -2.37. The lowest BCUT2D eigenvalue weighted by Crippen LogP contribution is -2.51. The number of hydrogen-bond acceptors (Lipinski definition) is 4. The Kier molecular flexibility index (Phi) is 4.43. The summed E-state index contributed by atoms with van der Waals surface area (Å²) in [6.07, 6.45) is 2.58. The van der Waals surface area contributed by atoms with Gasteiger partial charge in [0.2, 0.25) is 10.0 Å². The van der Waals surface area contributed by atoms with E-state index < -0.39 is 10.0 Å². The highest BCUT2D eigenvalue weighted by molar-refractivity contribution is 7.89. The average Bonchev–Trinajstić information content (AvgIpc) is 2.47. The first-order valence-electron chi connectivity index (χ1n) is 6.75. The van der Waals surface area contributed by atoms with Gasteiger partial charge < -0.3 is 5.73 Å². The first kappa shape index (κ1) is 15.0. The number of rotatable bonds is 3. The topological polar surface area (TPSA) is 87.2 Å². The Morgan fingerprint density at radius 2 is 2.10 bits per heavy atom. The van der Waals surface area contributed by atoms with Crippen LogP contribution in [-0.2, 0) is 10.0 Å². The summed E-state index contributed by atoms with van der Waals surface area (Å²) in [5.74, 6) is 0. The zero-order chi connectivity index (χ0) is 14.8. The summed E-state index contributed by atoms with van der Waals surface area (Å²) in [6, 6.07) is 7.84.